The van der Waals surface area contributed by atoms with Crippen LogP contribution in [0.25, 0.3) is 0 Å². The lowest BCUT2D eigenvalue weighted by atomic mass is 9.57. The average Bonchev–Trinajstić information content (AvgIpc) is 3.36. The van der Waals surface area contributed by atoms with Gasteiger partial charge in [0.05, 0.1) is 23.7 Å². The Hall–Kier alpha value is -2.96. The molecule has 6 atom stereocenters. The molecule has 2 heterocycles. The maximum absolute atomic E-state index is 14.1. The van der Waals surface area contributed by atoms with Gasteiger partial charge in [-0.15, -0.1) is 0 Å². The van der Waals surface area contributed by atoms with Crippen LogP contribution in [0.4, 0.5) is 0 Å². The van der Waals surface area contributed by atoms with Crippen molar-refractivity contribution in [3.63, 3.8) is 0 Å². The predicted molar refractivity (Wildman–Crippen MR) is 143 cm³/mol. The molecule has 7 rings (SSSR count). The lowest BCUT2D eigenvalue weighted by Crippen LogP contribution is -2.44. The van der Waals surface area contributed by atoms with Gasteiger partial charge in [-0.05, 0) is 62.1 Å². The standard InChI is InChI=1S/C32H38N2O5/c35-21-13-7-8-18(16-21)26-22-14-15-23-27(31(38)33(29(23)36)19-9-3-1-4-10-19)24(22)17-25-28(26)32(39)34(30(25)37)20-11-5-2-6-12-20/h7-8,13-14,16,19-20,23-28,35H,1-6,9-12,15,17H2/t23-,24+,25+,26-,27-,28+/m0/s1. The highest BCUT2D eigenvalue weighted by atomic mass is 16.3. The van der Waals surface area contributed by atoms with E-state index in [1.807, 2.05) is 6.07 Å². The molecule has 7 nitrogen and oxygen atoms in total. The first-order chi connectivity index (χ1) is 19.0. The summed E-state index contributed by atoms with van der Waals surface area (Å²) in [6.07, 6.45) is 12.9. The fraction of sp³-hybridized carbons (Fsp3) is 0.625. The van der Waals surface area contributed by atoms with Crippen molar-refractivity contribution in [1.29, 1.82) is 0 Å². The number of hydrogen-bond acceptors (Lipinski definition) is 5. The van der Waals surface area contributed by atoms with E-state index in [1.54, 1.807) is 28.0 Å². The van der Waals surface area contributed by atoms with Crippen molar-refractivity contribution < 1.29 is 24.3 Å². The molecule has 6 aliphatic rings. The Morgan fingerprint density at radius 2 is 1.26 bits per heavy atom. The first kappa shape index (κ1) is 25.0. The number of amides is 4. The number of nitrogens with zero attached hydrogens (tertiary/aromatic N) is 2. The van der Waals surface area contributed by atoms with Gasteiger partial charge < -0.3 is 5.11 Å². The van der Waals surface area contributed by atoms with Gasteiger partial charge in [0.1, 0.15) is 5.75 Å². The molecule has 5 fully saturated rings. The summed E-state index contributed by atoms with van der Waals surface area (Å²) in [5.41, 5.74) is 1.83. The van der Waals surface area contributed by atoms with Gasteiger partial charge in [-0.2, -0.15) is 0 Å². The van der Waals surface area contributed by atoms with Crippen LogP contribution in [0, 0.1) is 29.6 Å². The summed E-state index contributed by atoms with van der Waals surface area (Å²) < 4.78 is 0. The number of phenolic OH excluding ortho intramolecular Hbond substituents is 1. The van der Waals surface area contributed by atoms with Gasteiger partial charge in [-0.1, -0.05) is 62.3 Å². The first-order valence-corrected chi connectivity index (χ1v) is 15.2. The molecule has 1 N–H and O–H groups in total. The SMILES string of the molecule is O=C1[C@H]2[C@H](CC=C3[C@H]2C[C@H]2C(=O)N(C4CCCCC4)C(=O)[C@H]2[C@H]3c2cccc(O)c2)C(=O)N1C1CCCCC1. The first-order valence-electron chi connectivity index (χ1n) is 15.2. The fourth-order valence-electron chi connectivity index (χ4n) is 9.13. The third-order valence-electron chi connectivity index (χ3n) is 10.8. The highest BCUT2D eigenvalue weighted by Crippen LogP contribution is 2.58. The zero-order chi connectivity index (χ0) is 26.8. The van der Waals surface area contributed by atoms with Gasteiger partial charge in [-0.25, -0.2) is 0 Å². The van der Waals surface area contributed by atoms with Gasteiger partial charge in [-0.3, -0.25) is 29.0 Å². The quantitative estimate of drug-likeness (QED) is 0.452. The van der Waals surface area contributed by atoms with E-state index in [2.05, 4.69) is 6.08 Å². The number of benzene rings is 1. The molecule has 0 spiro atoms. The van der Waals surface area contributed by atoms with Crippen molar-refractivity contribution in [3.8, 4) is 5.75 Å². The second-order valence-electron chi connectivity index (χ2n) is 12.8. The van der Waals surface area contributed by atoms with Crippen LogP contribution >= 0.6 is 0 Å². The Morgan fingerprint density at radius 3 is 1.87 bits per heavy atom. The van der Waals surface area contributed by atoms with Crippen molar-refractivity contribution in [3.05, 3.63) is 41.5 Å². The van der Waals surface area contributed by atoms with Crippen LogP contribution in [0.2, 0.25) is 0 Å². The summed E-state index contributed by atoms with van der Waals surface area (Å²) in [7, 11) is 0. The summed E-state index contributed by atoms with van der Waals surface area (Å²) >= 11 is 0. The fourth-order valence-corrected chi connectivity index (χ4v) is 9.13. The van der Waals surface area contributed by atoms with E-state index >= 15 is 0 Å². The normalized spacial score (nSPS) is 35.6. The Bertz CT molecular complexity index is 1240. The number of fused-ring (bicyclic) bond motifs is 4. The van der Waals surface area contributed by atoms with Gasteiger partial charge in [0.15, 0.2) is 0 Å². The van der Waals surface area contributed by atoms with E-state index < -0.39 is 17.8 Å². The predicted octanol–water partition coefficient (Wildman–Crippen LogP) is 4.69. The van der Waals surface area contributed by atoms with Crippen molar-refractivity contribution in [2.24, 2.45) is 29.6 Å². The van der Waals surface area contributed by atoms with E-state index in [1.165, 1.54) is 0 Å². The minimum atomic E-state index is -0.526. The molecule has 1 aromatic rings. The molecule has 0 bridgehead atoms. The topological polar surface area (TPSA) is 95.0 Å². The Labute approximate surface area is 229 Å². The monoisotopic (exact) mass is 530 g/mol. The summed E-state index contributed by atoms with van der Waals surface area (Å²) in [5, 5.41) is 10.4. The molecule has 7 heteroatoms. The van der Waals surface area contributed by atoms with E-state index in [0.717, 1.165) is 75.3 Å². The van der Waals surface area contributed by atoms with Gasteiger partial charge in [0, 0.05) is 18.0 Å². The number of aromatic hydroxyl groups is 1. The van der Waals surface area contributed by atoms with E-state index in [4.69, 9.17) is 0 Å². The molecular weight excluding hydrogens is 492 g/mol. The van der Waals surface area contributed by atoms with Crippen LogP contribution in [0.3, 0.4) is 0 Å². The average molecular weight is 531 g/mol. The summed E-state index contributed by atoms with van der Waals surface area (Å²) in [4.78, 5) is 58.9. The van der Waals surface area contributed by atoms with Crippen LogP contribution in [0.5, 0.6) is 5.75 Å². The highest BCUT2D eigenvalue weighted by Gasteiger charge is 2.63. The summed E-state index contributed by atoms with van der Waals surface area (Å²) in [6.45, 7) is 0. The van der Waals surface area contributed by atoms with Crippen LogP contribution in [0.15, 0.2) is 35.9 Å². The molecule has 4 amide bonds. The molecule has 3 saturated carbocycles. The Kier molecular flexibility index (Phi) is 6.16. The summed E-state index contributed by atoms with van der Waals surface area (Å²) in [5.74, 6) is -2.67. The zero-order valence-corrected chi connectivity index (χ0v) is 22.5. The third-order valence-corrected chi connectivity index (χ3v) is 10.8. The maximum atomic E-state index is 14.1. The number of carbonyl (C=O) groups excluding carboxylic acids is 4. The van der Waals surface area contributed by atoms with Crippen LogP contribution in [0.1, 0.15) is 88.5 Å². The van der Waals surface area contributed by atoms with E-state index in [9.17, 15) is 24.3 Å². The van der Waals surface area contributed by atoms with Gasteiger partial charge >= 0.3 is 0 Å². The van der Waals surface area contributed by atoms with Crippen molar-refractivity contribution in [2.45, 2.75) is 95.1 Å². The highest BCUT2D eigenvalue weighted by molar-refractivity contribution is 6.08. The maximum Gasteiger partial charge on any atom is 0.234 e. The van der Waals surface area contributed by atoms with Gasteiger partial charge in [0.25, 0.3) is 0 Å². The molecule has 0 aromatic heterocycles. The molecule has 4 aliphatic carbocycles. The molecule has 39 heavy (non-hydrogen) atoms. The van der Waals surface area contributed by atoms with Crippen molar-refractivity contribution in [2.75, 3.05) is 0 Å². The van der Waals surface area contributed by atoms with E-state index in [-0.39, 0.29) is 59.2 Å². The number of imide groups is 2. The number of hydrogen-bond donors (Lipinski definition) is 1. The third kappa shape index (κ3) is 3.82. The number of likely N-dealkylation sites (tertiary alicyclic amines) is 2. The molecule has 2 aliphatic heterocycles. The lowest BCUT2D eigenvalue weighted by Gasteiger charge is -2.44. The lowest BCUT2D eigenvalue weighted by molar-refractivity contribution is -0.145. The Balaban J connectivity index is 1.28. The Morgan fingerprint density at radius 1 is 0.667 bits per heavy atom. The van der Waals surface area contributed by atoms with Crippen LogP contribution in [-0.4, -0.2) is 50.6 Å². The van der Waals surface area contributed by atoms with Gasteiger partial charge in [0.2, 0.25) is 23.6 Å². The molecule has 1 aromatic carbocycles. The molecule has 206 valence electrons. The second kappa shape index (κ2) is 9.60. The minimum absolute atomic E-state index is 0.0116. The van der Waals surface area contributed by atoms with Crippen molar-refractivity contribution >= 4 is 23.6 Å². The summed E-state index contributed by atoms with van der Waals surface area (Å²) in [6, 6.07) is 6.97. The smallest absolute Gasteiger partial charge is 0.234 e. The van der Waals surface area contributed by atoms with E-state index in [0.29, 0.717) is 12.8 Å². The number of allylic oxidation sites excluding steroid dienone is 2. The number of rotatable bonds is 3. The van der Waals surface area contributed by atoms with Crippen LogP contribution in [-0.2, 0) is 19.2 Å². The van der Waals surface area contributed by atoms with Crippen LogP contribution < -0.4 is 0 Å². The molecule has 0 radical (unpaired) electrons. The zero-order valence-electron chi connectivity index (χ0n) is 22.5. The minimum Gasteiger partial charge on any atom is -0.508 e. The number of carbonyl (C=O) groups is 4. The number of phenols is 1. The second-order valence-corrected chi connectivity index (χ2v) is 12.8. The largest absolute Gasteiger partial charge is 0.508 e. The molecule has 2 saturated heterocycles. The molecule has 0 unspecified atom stereocenters. The molecular formula is C32H38N2O5. The van der Waals surface area contributed by atoms with Crippen molar-refractivity contribution in [1.82, 2.24) is 9.80 Å².